The van der Waals surface area contributed by atoms with Gasteiger partial charge in [-0.05, 0) is 37.0 Å². The standard InChI is InChI=1S/C17H22N2O6S/c1-26(23,24)11-12-5-7-13(8-6-12)17(22)25-10-15(20)19-9-3-2-4-14(19)16(18)21/h5-8,14H,2-4,9-11H2,1H3,(H2,18,21)/t14-/m1/s1. The fourth-order valence-corrected chi connectivity index (χ4v) is 3.66. The molecule has 26 heavy (non-hydrogen) atoms. The summed E-state index contributed by atoms with van der Waals surface area (Å²) in [5, 5.41) is 0. The van der Waals surface area contributed by atoms with Crippen molar-refractivity contribution in [3.63, 3.8) is 0 Å². The first-order valence-corrected chi connectivity index (χ1v) is 10.3. The number of carbonyl (C=O) groups is 3. The summed E-state index contributed by atoms with van der Waals surface area (Å²) < 4.78 is 27.5. The Bertz CT molecular complexity index is 788. The van der Waals surface area contributed by atoms with Gasteiger partial charge in [0.25, 0.3) is 5.91 Å². The predicted octanol–water partition coefficient (Wildman–Crippen LogP) is 0.254. The molecule has 2 amide bonds. The van der Waals surface area contributed by atoms with E-state index in [0.29, 0.717) is 18.5 Å². The zero-order valence-electron chi connectivity index (χ0n) is 14.5. The molecule has 1 aliphatic heterocycles. The Kier molecular flexibility index (Phi) is 6.36. The summed E-state index contributed by atoms with van der Waals surface area (Å²) in [6.07, 6.45) is 3.22. The fourth-order valence-electron chi connectivity index (χ4n) is 2.86. The van der Waals surface area contributed by atoms with E-state index in [1.165, 1.54) is 29.2 Å². The maximum atomic E-state index is 12.2. The van der Waals surface area contributed by atoms with E-state index in [1.807, 2.05) is 0 Å². The topological polar surface area (TPSA) is 124 Å². The average molecular weight is 382 g/mol. The molecule has 0 unspecified atom stereocenters. The molecule has 1 saturated heterocycles. The van der Waals surface area contributed by atoms with E-state index in [4.69, 9.17) is 10.5 Å². The summed E-state index contributed by atoms with van der Waals surface area (Å²) in [7, 11) is -3.16. The number of benzene rings is 1. The lowest BCUT2D eigenvalue weighted by molar-refractivity contribution is -0.143. The number of sulfone groups is 1. The van der Waals surface area contributed by atoms with E-state index in [0.717, 1.165) is 19.1 Å². The number of piperidine rings is 1. The van der Waals surface area contributed by atoms with Crippen LogP contribution in [0.5, 0.6) is 0 Å². The molecule has 1 aromatic carbocycles. The quantitative estimate of drug-likeness (QED) is 0.704. The fraction of sp³-hybridized carbons (Fsp3) is 0.471. The van der Waals surface area contributed by atoms with Gasteiger partial charge in [0, 0.05) is 12.8 Å². The molecule has 8 nitrogen and oxygen atoms in total. The third-order valence-corrected chi connectivity index (χ3v) is 4.95. The van der Waals surface area contributed by atoms with Crippen LogP contribution in [0.1, 0.15) is 35.2 Å². The molecule has 0 aliphatic carbocycles. The van der Waals surface area contributed by atoms with Crippen LogP contribution in [0.25, 0.3) is 0 Å². The maximum Gasteiger partial charge on any atom is 0.338 e. The number of likely N-dealkylation sites (tertiary alicyclic amines) is 1. The molecule has 0 bridgehead atoms. The minimum Gasteiger partial charge on any atom is -0.452 e. The lowest BCUT2D eigenvalue weighted by Crippen LogP contribution is -2.51. The number of esters is 1. The Balaban J connectivity index is 1.93. The smallest absolute Gasteiger partial charge is 0.338 e. The Morgan fingerprint density at radius 2 is 1.85 bits per heavy atom. The Morgan fingerprint density at radius 3 is 2.42 bits per heavy atom. The van der Waals surface area contributed by atoms with E-state index in [-0.39, 0.29) is 11.3 Å². The third kappa shape index (κ3) is 5.55. The van der Waals surface area contributed by atoms with Crippen LogP contribution in [0.4, 0.5) is 0 Å². The number of nitrogens with two attached hydrogens (primary N) is 1. The summed E-state index contributed by atoms with van der Waals surface area (Å²) in [6.45, 7) is -0.0715. The van der Waals surface area contributed by atoms with Gasteiger partial charge in [0.15, 0.2) is 16.4 Å². The normalized spacial score (nSPS) is 17.6. The van der Waals surface area contributed by atoms with Crippen LogP contribution in [0.3, 0.4) is 0 Å². The average Bonchev–Trinajstić information content (AvgIpc) is 2.58. The van der Waals surface area contributed by atoms with Crippen LogP contribution in [0, 0.1) is 0 Å². The first kappa shape index (κ1) is 19.9. The first-order chi connectivity index (χ1) is 12.2. The van der Waals surface area contributed by atoms with Crippen LogP contribution in [0.2, 0.25) is 0 Å². The minimum atomic E-state index is -3.16. The van der Waals surface area contributed by atoms with Gasteiger partial charge in [0.2, 0.25) is 5.91 Å². The molecule has 2 N–H and O–H groups in total. The van der Waals surface area contributed by atoms with Crippen LogP contribution >= 0.6 is 0 Å². The van der Waals surface area contributed by atoms with Gasteiger partial charge < -0.3 is 15.4 Å². The summed E-state index contributed by atoms with van der Waals surface area (Å²) in [5.41, 5.74) is 6.08. The molecule has 0 saturated carbocycles. The minimum absolute atomic E-state index is 0.121. The monoisotopic (exact) mass is 382 g/mol. The third-order valence-electron chi connectivity index (χ3n) is 4.10. The second-order valence-electron chi connectivity index (χ2n) is 6.34. The summed E-state index contributed by atoms with van der Waals surface area (Å²) >= 11 is 0. The van der Waals surface area contributed by atoms with Crippen molar-refractivity contribution in [2.75, 3.05) is 19.4 Å². The van der Waals surface area contributed by atoms with Gasteiger partial charge in [0.05, 0.1) is 11.3 Å². The van der Waals surface area contributed by atoms with Crippen LogP contribution in [0.15, 0.2) is 24.3 Å². The number of rotatable bonds is 6. The summed E-state index contributed by atoms with van der Waals surface area (Å²) in [6, 6.07) is 5.27. The van der Waals surface area contributed by atoms with Crippen LogP contribution in [-0.4, -0.2) is 56.6 Å². The number of amides is 2. The van der Waals surface area contributed by atoms with Crippen molar-refractivity contribution in [3.05, 3.63) is 35.4 Å². The van der Waals surface area contributed by atoms with E-state index in [9.17, 15) is 22.8 Å². The van der Waals surface area contributed by atoms with Crippen molar-refractivity contribution in [1.29, 1.82) is 0 Å². The molecule has 1 heterocycles. The van der Waals surface area contributed by atoms with Crippen molar-refractivity contribution in [1.82, 2.24) is 4.90 Å². The number of ether oxygens (including phenoxy) is 1. The van der Waals surface area contributed by atoms with Gasteiger partial charge in [0.1, 0.15) is 6.04 Å². The Morgan fingerprint density at radius 1 is 1.19 bits per heavy atom. The highest BCUT2D eigenvalue weighted by molar-refractivity contribution is 7.89. The molecular formula is C17H22N2O6S. The highest BCUT2D eigenvalue weighted by atomic mass is 32.2. The molecule has 0 radical (unpaired) electrons. The lowest BCUT2D eigenvalue weighted by atomic mass is 10.0. The van der Waals surface area contributed by atoms with E-state index < -0.39 is 40.3 Å². The van der Waals surface area contributed by atoms with Gasteiger partial charge in [-0.2, -0.15) is 0 Å². The SMILES string of the molecule is CS(=O)(=O)Cc1ccc(C(=O)OCC(=O)N2CCCC[C@@H]2C(N)=O)cc1. The van der Waals surface area contributed by atoms with Crippen LogP contribution < -0.4 is 5.73 Å². The molecule has 0 aromatic heterocycles. The van der Waals surface area contributed by atoms with E-state index >= 15 is 0 Å². The summed E-state index contributed by atoms with van der Waals surface area (Å²) in [5.74, 6) is -1.84. The molecule has 0 spiro atoms. The second-order valence-corrected chi connectivity index (χ2v) is 8.48. The van der Waals surface area contributed by atoms with Crippen molar-refractivity contribution < 1.29 is 27.5 Å². The zero-order valence-corrected chi connectivity index (χ0v) is 15.3. The number of primary amides is 1. The predicted molar refractivity (Wildman–Crippen MR) is 93.8 cm³/mol. The maximum absolute atomic E-state index is 12.2. The Hall–Kier alpha value is -2.42. The highest BCUT2D eigenvalue weighted by Crippen LogP contribution is 2.17. The largest absolute Gasteiger partial charge is 0.452 e. The van der Waals surface area contributed by atoms with E-state index in [2.05, 4.69) is 0 Å². The molecule has 142 valence electrons. The van der Waals surface area contributed by atoms with Crippen molar-refractivity contribution >= 4 is 27.6 Å². The number of hydrogen-bond donors (Lipinski definition) is 1. The second kappa shape index (κ2) is 8.31. The van der Waals surface area contributed by atoms with Gasteiger partial charge in [-0.15, -0.1) is 0 Å². The molecule has 1 fully saturated rings. The zero-order chi connectivity index (χ0) is 19.3. The molecule has 1 aliphatic rings. The lowest BCUT2D eigenvalue weighted by Gasteiger charge is -2.33. The van der Waals surface area contributed by atoms with Crippen molar-refractivity contribution in [3.8, 4) is 0 Å². The number of nitrogens with zero attached hydrogens (tertiary/aromatic N) is 1. The summed E-state index contributed by atoms with van der Waals surface area (Å²) in [4.78, 5) is 37.1. The van der Waals surface area contributed by atoms with E-state index in [1.54, 1.807) is 0 Å². The van der Waals surface area contributed by atoms with Crippen LogP contribution in [-0.2, 0) is 29.9 Å². The van der Waals surface area contributed by atoms with Crippen molar-refractivity contribution in [2.24, 2.45) is 5.73 Å². The molecule has 1 atom stereocenters. The Labute approximate surface area is 152 Å². The molecule has 2 rings (SSSR count). The number of hydrogen-bond acceptors (Lipinski definition) is 6. The molecule has 9 heteroatoms. The first-order valence-electron chi connectivity index (χ1n) is 8.20. The van der Waals surface area contributed by atoms with Gasteiger partial charge in [-0.1, -0.05) is 12.1 Å². The van der Waals surface area contributed by atoms with Crippen molar-refractivity contribution in [2.45, 2.75) is 31.1 Å². The molecular weight excluding hydrogens is 360 g/mol. The van der Waals surface area contributed by atoms with Gasteiger partial charge in [-0.3, -0.25) is 9.59 Å². The number of carbonyl (C=O) groups excluding carboxylic acids is 3. The molecule has 1 aromatic rings. The highest BCUT2D eigenvalue weighted by Gasteiger charge is 2.31. The van der Waals surface area contributed by atoms with Gasteiger partial charge >= 0.3 is 5.97 Å². The van der Waals surface area contributed by atoms with Gasteiger partial charge in [-0.25, -0.2) is 13.2 Å².